The van der Waals surface area contributed by atoms with Gasteiger partial charge in [-0.25, -0.2) is 4.98 Å². The number of nitrogens with zero attached hydrogens (tertiary/aromatic N) is 4. The fourth-order valence-electron chi connectivity index (χ4n) is 3.87. The molecular weight excluding hydrogens is 462 g/mol. The number of ether oxygens (including phenoxy) is 1. The van der Waals surface area contributed by atoms with Gasteiger partial charge in [-0.1, -0.05) is 43.0 Å². The average molecular weight is 492 g/mol. The SMILES string of the molecule is CCc1ccc(NC(=O)CSc2nc3c(C)nn(CC)c3c(=O)n2Cc2cccc(OC)c2)cc1. The summed E-state index contributed by atoms with van der Waals surface area (Å²) in [5, 5.41) is 7.87. The van der Waals surface area contributed by atoms with Crippen LogP contribution >= 0.6 is 11.8 Å². The van der Waals surface area contributed by atoms with Gasteiger partial charge in [0.1, 0.15) is 11.3 Å². The zero-order valence-corrected chi connectivity index (χ0v) is 21.2. The minimum atomic E-state index is -0.182. The first-order valence-corrected chi connectivity index (χ1v) is 12.5. The molecule has 0 aliphatic heterocycles. The summed E-state index contributed by atoms with van der Waals surface area (Å²) in [6, 6.07) is 15.4. The van der Waals surface area contributed by atoms with Gasteiger partial charge in [0.2, 0.25) is 5.91 Å². The average Bonchev–Trinajstić information content (AvgIpc) is 3.20. The second-order valence-corrected chi connectivity index (χ2v) is 9.07. The molecule has 0 fully saturated rings. The molecule has 9 heteroatoms. The molecule has 0 spiro atoms. The number of carbonyl (C=O) groups is 1. The number of anilines is 1. The van der Waals surface area contributed by atoms with E-state index in [1.165, 1.54) is 17.3 Å². The van der Waals surface area contributed by atoms with Crippen LogP contribution in [0.5, 0.6) is 5.75 Å². The van der Waals surface area contributed by atoms with E-state index in [2.05, 4.69) is 17.3 Å². The minimum Gasteiger partial charge on any atom is -0.497 e. The highest BCUT2D eigenvalue weighted by atomic mass is 32.2. The van der Waals surface area contributed by atoms with Gasteiger partial charge in [-0.2, -0.15) is 5.10 Å². The number of rotatable bonds is 9. The van der Waals surface area contributed by atoms with Crippen molar-refractivity contribution in [3.8, 4) is 5.75 Å². The Morgan fingerprint density at radius 2 is 1.89 bits per heavy atom. The van der Waals surface area contributed by atoms with E-state index in [4.69, 9.17) is 9.72 Å². The molecule has 0 atom stereocenters. The molecule has 2 aromatic heterocycles. The lowest BCUT2D eigenvalue weighted by atomic mass is 10.1. The lowest BCUT2D eigenvalue weighted by Crippen LogP contribution is -2.26. The Hall–Kier alpha value is -3.59. The Morgan fingerprint density at radius 3 is 2.57 bits per heavy atom. The molecule has 1 amide bonds. The van der Waals surface area contributed by atoms with Gasteiger partial charge in [-0.15, -0.1) is 0 Å². The number of aryl methyl sites for hydroxylation is 3. The highest BCUT2D eigenvalue weighted by Gasteiger charge is 2.19. The van der Waals surface area contributed by atoms with Crippen molar-refractivity contribution in [3.05, 3.63) is 75.7 Å². The van der Waals surface area contributed by atoms with Crippen LogP contribution in [0.15, 0.2) is 58.5 Å². The van der Waals surface area contributed by atoms with E-state index in [1.807, 2.05) is 62.4 Å². The molecule has 0 radical (unpaired) electrons. The van der Waals surface area contributed by atoms with Crippen molar-refractivity contribution in [1.82, 2.24) is 19.3 Å². The van der Waals surface area contributed by atoms with Gasteiger partial charge in [-0.3, -0.25) is 18.8 Å². The van der Waals surface area contributed by atoms with Gasteiger partial charge in [0.15, 0.2) is 10.7 Å². The summed E-state index contributed by atoms with van der Waals surface area (Å²) >= 11 is 1.24. The quantitative estimate of drug-likeness (QED) is 0.278. The number of benzene rings is 2. The fourth-order valence-corrected chi connectivity index (χ4v) is 4.66. The number of amides is 1. The van der Waals surface area contributed by atoms with Crippen LogP contribution in [0.2, 0.25) is 0 Å². The van der Waals surface area contributed by atoms with E-state index in [-0.39, 0.29) is 17.2 Å². The number of hydrogen-bond donors (Lipinski definition) is 1. The second-order valence-electron chi connectivity index (χ2n) is 8.12. The predicted molar refractivity (Wildman–Crippen MR) is 139 cm³/mol. The molecule has 8 nitrogen and oxygen atoms in total. The molecule has 2 aromatic carbocycles. The van der Waals surface area contributed by atoms with Crippen molar-refractivity contribution >= 4 is 34.4 Å². The Bertz CT molecular complexity index is 1410. The van der Waals surface area contributed by atoms with E-state index in [9.17, 15) is 9.59 Å². The molecule has 2 heterocycles. The van der Waals surface area contributed by atoms with Crippen molar-refractivity contribution in [1.29, 1.82) is 0 Å². The molecule has 182 valence electrons. The number of aromatic nitrogens is 4. The third-order valence-electron chi connectivity index (χ3n) is 5.73. The van der Waals surface area contributed by atoms with Crippen molar-refractivity contribution in [2.75, 3.05) is 18.2 Å². The summed E-state index contributed by atoms with van der Waals surface area (Å²) in [7, 11) is 1.61. The summed E-state index contributed by atoms with van der Waals surface area (Å²) in [6.07, 6.45) is 0.942. The molecule has 0 aliphatic carbocycles. The molecule has 0 aliphatic rings. The van der Waals surface area contributed by atoms with Crippen LogP contribution in [0.3, 0.4) is 0 Å². The maximum Gasteiger partial charge on any atom is 0.280 e. The number of fused-ring (bicyclic) bond motifs is 1. The lowest BCUT2D eigenvalue weighted by Gasteiger charge is -2.13. The highest BCUT2D eigenvalue weighted by molar-refractivity contribution is 7.99. The van der Waals surface area contributed by atoms with Crippen molar-refractivity contribution in [2.24, 2.45) is 0 Å². The Morgan fingerprint density at radius 1 is 1.11 bits per heavy atom. The summed E-state index contributed by atoms with van der Waals surface area (Å²) in [4.78, 5) is 31.1. The van der Waals surface area contributed by atoms with E-state index in [0.717, 1.165) is 17.7 Å². The number of carbonyl (C=O) groups excluding carboxylic acids is 1. The highest BCUT2D eigenvalue weighted by Crippen LogP contribution is 2.22. The third kappa shape index (κ3) is 5.40. The van der Waals surface area contributed by atoms with E-state index in [1.54, 1.807) is 16.4 Å². The van der Waals surface area contributed by atoms with Crippen molar-refractivity contribution in [2.45, 2.75) is 45.4 Å². The standard InChI is InChI=1S/C26H29N5O3S/c1-5-18-10-12-20(13-11-18)27-22(32)16-35-26-28-23-17(3)29-31(6-2)24(23)25(33)30(26)15-19-8-7-9-21(14-19)34-4/h7-14H,5-6,15-16H2,1-4H3,(H,27,32). The summed E-state index contributed by atoms with van der Waals surface area (Å²) in [5.41, 5.74) is 4.39. The molecule has 0 unspecified atom stereocenters. The van der Waals surface area contributed by atoms with Gasteiger partial charge in [0, 0.05) is 12.2 Å². The predicted octanol–water partition coefficient (Wildman–Crippen LogP) is 4.27. The van der Waals surface area contributed by atoms with Gasteiger partial charge < -0.3 is 10.1 Å². The zero-order chi connectivity index (χ0) is 24.9. The molecule has 0 saturated carbocycles. The van der Waals surface area contributed by atoms with E-state index >= 15 is 0 Å². The van der Waals surface area contributed by atoms with Crippen molar-refractivity contribution < 1.29 is 9.53 Å². The number of methoxy groups -OCH3 is 1. The smallest absolute Gasteiger partial charge is 0.280 e. The van der Waals surface area contributed by atoms with Gasteiger partial charge in [0.25, 0.3) is 5.56 Å². The van der Waals surface area contributed by atoms with Crippen LogP contribution in [0, 0.1) is 6.92 Å². The summed E-state index contributed by atoms with van der Waals surface area (Å²) < 4.78 is 8.63. The minimum absolute atomic E-state index is 0.118. The Balaban J connectivity index is 1.65. The Kier molecular flexibility index (Phi) is 7.55. The topological polar surface area (TPSA) is 91.0 Å². The second kappa shape index (κ2) is 10.8. The van der Waals surface area contributed by atoms with Gasteiger partial charge in [0.05, 0.1) is 25.1 Å². The van der Waals surface area contributed by atoms with Gasteiger partial charge in [-0.05, 0) is 55.7 Å². The number of hydrogen-bond acceptors (Lipinski definition) is 6. The third-order valence-corrected chi connectivity index (χ3v) is 6.71. The van der Waals surface area contributed by atoms with Crippen LogP contribution < -0.4 is 15.6 Å². The molecule has 4 aromatic rings. The van der Waals surface area contributed by atoms with Crippen LogP contribution in [0.4, 0.5) is 5.69 Å². The molecule has 0 saturated heterocycles. The number of thioether (sulfide) groups is 1. The largest absolute Gasteiger partial charge is 0.497 e. The van der Waals surface area contributed by atoms with E-state index < -0.39 is 0 Å². The van der Waals surface area contributed by atoms with Crippen LogP contribution in [0.25, 0.3) is 11.0 Å². The van der Waals surface area contributed by atoms with Gasteiger partial charge >= 0.3 is 0 Å². The van der Waals surface area contributed by atoms with Crippen LogP contribution in [-0.2, 0) is 24.3 Å². The van der Waals surface area contributed by atoms with Crippen molar-refractivity contribution in [3.63, 3.8) is 0 Å². The molecule has 0 bridgehead atoms. The summed E-state index contributed by atoms with van der Waals surface area (Å²) in [6.45, 7) is 6.73. The normalized spacial score (nSPS) is 11.1. The molecular formula is C26H29N5O3S. The Labute approximate surface area is 208 Å². The first-order valence-electron chi connectivity index (χ1n) is 11.6. The fraction of sp³-hybridized carbons (Fsp3) is 0.308. The number of nitrogens with one attached hydrogen (secondary N) is 1. The molecule has 35 heavy (non-hydrogen) atoms. The van der Waals surface area contributed by atoms with Crippen LogP contribution in [-0.4, -0.2) is 38.1 Å². The summed E-state index contributed by atoms with van der Waals surface area (Å²) in [5.74, 6) is 0.663. The first-order chi connectivity index (χ1) is 16.9. The van der Waals surface area contributed by atoms with Crippen LogP contribution in [0.1, 0.15) is 30.7 Å². The lowest BCUT2D eigenvalue weighted by molar-refractivity contribution is -0.113. The molecule has 1 N–H and O–H groups in total. The zero-order valence-electron chi connectivity index (χ0n) is 20.4. The first kappa shape index (κ1) is 24.5. The maximum absolute atomic E-state index is 13.6. The maximum atomic E-state index is 13.6. The molecule has 4 rings (SSSR count). The van der Waals surface area contributed by atoms with E-state index in [0.29, 0.717) is 40.7 Å². The monoisotopic (exact) mass is 491 g/mol.